The van der Waals surface area contributed by atoms with Crippen molar-refractivity contribution in [3.05, 3.63) is 62.5 Å². The van der Waals surface area contributed by atoms with Gasteiger partial charge in [-0.05, 0) is 59.1 Å². The molecule has 1 N–H and O–H groups in total. The molecule has 0 radical (unpaired) electrons. The number of carbonyl (C=O) groups excluding carboxylic acids is 2. The second-order valence-electron chi connectivity index (χ2n) is 4.47. The summed E-state index contributed by atoms with van der Waals surface area (Å²) in [6.45, 7) is 0. The largest absolute Gasteiger partial charge is 0.451 e. The number of halogens is 1. The van der Waals surface area contributed by atoms with E-state index >= 15 is 0 Å². The molecular weight excluding hydrogens is 447 g/mol. The molecule has 1 aromatic carbocycles. The van der Waals surface area contributed by atoms with Gasteiger partial charge in [-0.15, -0.1) is 0 Å². The Morgan fingerprint density at radius 3 is 2.65 bits per heavy atom. The summed E-state index contributed by atoms with van der Waals surface area (Å²) in [7, 11) is 0. The van der Waals surface area contributed by atoms with Gasteiger partial charge in [0.2, 0.25) is 0 Å². The van der Waals surface area contributed by atoms with Gasteiger partial charge in [-0.2, -0.15) is 5.01 Å². The molecule has 0 atom stereocenters. The molecule has 1 aliphatic heterocycles. The molecule has 0 unspecified atom stereocenters. The van der Waals surface area contributed by atoms with Crippen molar-refractivity contribution in [1.82, 2.24) is 10.4 Å². The highest BCUT2D eigenvalue weighted by Gasteiger charge is 2.34. The van der Waals surface area contributed by atoms with Crippen molar-refractivity contribution in [2.45, 2.75) is 0 Å². The van der Waals surface area contributed by atoms with Crippen molar-refractivity contribution < 1.29 is 14.0 Å². The van der Waals surface area contributed by atoms with Gasteiger partial charge in [-0.25, -0.2) is 0 Å². The van der Waals surface area contributed by atoms with Crippen LogP contribution in [0.2, 0.25) is 0 Å². The molecule has 3 rings (SSSR count). The van der Waals surface area contributed by atoms with Crippen LogP contribution in [0.5, 0.6) is 0 Å². The SMILES string of the molecule is O=C(NN1C(=O)/C(=C/c2ccc(I)o2)SC1=S)c1ccccc1. The molecule has 0 aliphatic carbocycles. The number of furan rings is 1. The number of rotatable bonds is 3. The number of thioether (sulfide) groups is 1. The van der Waals surface area contributed by atoms with Gasteiger partial charge >= 0.3 is 0 Å². The average Bonchev–Trinajstić information content (AvgIpc) is 3.07. The van der Waals surface area contributed by atoms with Crippen molar-refractivity contribution in [2.24, 2.45) is 0 Å². The molecule has 2 aromatic rings. The standard InChI is InChI=1S/C15H9IN2O3S2/c16-12-7-6-10(21-12)8-11-14(20)18(15(22)23-11)17-13(19)9-4-2-1-3-5-9/h1-8H,(H,17,19)/b11-8-. The van der Waals surface area contributed by atoms with Crippen LogP contribution >= 0.6 is 46.6 Å². The zero-order valence-electron chi connectivity index (χ0n) is 11.5. The molecule has 1 aliphatic rings. The maximum Gasteiger partial charge on any atom is 0.285 e. The molecular formula is C15H9IN2O3S2. The van der Waals surface area contributed by atoms with Crippen molar-refractivity contribution in [2.75, 3.05) is 0 Å². The number of amides is 2. The van der Waals surface area contributed by atoms with Gasteiger partial charge in [0.05, 0.1) is 4.91 Å². The van der Waals surface area contributed by atoms with Gasteiger partial charge in [0.25, 0.3) is 11.8 Å². The number of hydrogen-bond acceptors (Lipinski definition) is 5. The van der Waals surface area contributed by atoms with E-state index in [-0.39, 0.29) is 10.2 Å². The van der Waals surface area contributed by atoms with Crippen LogP contribution in [0.15, 0.2) is 51.8 Å². The van der Waals surface area contributed by atoms with E-state index in [1.54, 1.807) is 42.5 Å². The number of nitrogens with zero attached hydrogens (tertiary/aromatic N) is 1. The van der Waals surface area contributed by atoms with E-state index in [2.05, 4.69) is 5.43 Å². The summed E-state index contributed by atoms with van der Waals surface area (Å²) >= 11 is 8.32. The number of hydrazine groups is 1. The summed E-state index contributed by atoms with van der Waals surface area (Å²) in [5.74, 6) is -0.212. The first kappa shape index (κ1) is 16.2. The van der Waals surface area contributed by atoms with E-state index in [1.165, 1.54) is 0 Å². The second kappa shape index (κ2) is 6.85. The van der Waals surface area contributed by atoms with Crippen LogP contribution in [-0.4, -0.2) is 21.1 Å². The Kier molecular flexibility index (Phi) is 4.83. The molecule has 2 amide bonds. The van der Waals surface area contributed by atoms with Gasteiger partial charge in [0, 0.05) is 11.6 Å². The van der Waals surface area contributed by atoms with Crippen molar-refractivity contribution in [3.8, 4) is 0 Å². The number of carbonyl (C=O) groups is 2. The van der Waals surface area contributed by atoms with E-state index < -0.39 is 5.91 Å². The van der Waals surface area contributed by atoms with Crippen LogP contribution < -0.4 is 5.43 Å². The maximum absolute atomic E-state index is 12.4. The first-order valence-corrected chi connectivity index (χ1v) is 8.74. The Morgan fingerprint density at radius 1 is 1.26 bits per heavy atom. The molecule has 2 heterocycles. The molecule has 5 nitrogen and oxygen atoms in total. The summed E-state index contributed by atoms with van der Waals surface area (Å²) in [5, 5.41) is 1.08. The Labute approximate surface area is 155 Å². The van der Waals surface area contributed by atoms with Gasteiger partial charge < -0.3 is 4.42 Å². The van der Waals surface area contributed by atoms with Crippen molar-refractivity contribution in [1.29, 1.82) is 0 Å². The molecule has 0 spiro atoms. The molecule has 1 saturated heterocycles. The fourth-order valence-corrected chi connectivity index (χ4v) is 3.45. The van der Waals surface area contributed by atoms with Gasteiger partial charge in [0.1, 0.15) is 5.76 Å². The molecule has 1 aromatic heterocycles. The first-order valence-electron chi connectivity index (χ1n) is 6.44. The smallest absolute Gasteiger partial charge is 0.285 e. The van der Waals surface area contributed by atoms with E-state index in [9.17, 15) is 9.59 Å². The minimum absolute atomic E-state index is 0.270. The zero-order valence-corrected chi connectivity index (χ0v) is 15.3. The third kappa shape index (κ3) is 3.65. The Balaban J connectivity index is 1.77. The lowest BCUT2D eigenvalue weighted by Gasteiger charge is -2.15. The Bertz CT molecular complexity index is 817. The fraction of sp³-hybridized carbons (Fsp3) is 0. The summed E-state index contributed by atoms with van der Waals surface area (Å²) in [4.78, 5) is 24.9. The monoisotopic (exact) mass is 456 g/mol. The third-order valence-electron chi connectivity index (χ3n) is 2.91. The molecule has 1 fully saturated rings. The van der Waals surface area contributed by atoms with Gasteiger partial charge in [-0.3, -0.25) is 15.0 Å². The summed E-state index contributed by atoms with van der Waals surface area (Å²) in [5.41, 5.74) is 2.98. The van der Waals surface area contributed by atoms with E-state index in [0.29, 0.717) is 16.2 Å². The molecule has 23 heavy (non-hydrogen) atoms. The third-order valence-corrected chi connectivity index (χ3v) is 4.79. The average molecular weight is 456 g/mol. The van der Waals surface area contributed by atoms with Crippen molar-refractivity contribution >= 4 is 68.8 Å². The number of thiocarbonyl (C=S) groups is 1. The highest BCUT2D eigenvalue weighted by Crippen LogP contribution is 2.31. The lowest BCUT2D eigenvalue weighted by Crippen LogP contribution is -2.44. The van der Waals surface area contributed by atoms with E-state index in [0.717, 1.165) is 20.5 Å². The van der Waals surface area contributed by atoms with Crippen LogP contribution in [0.1, 0.15) is 16.1 Å². The predicted octanol–water partition coefficient (Wildman–Crippen LogP) is 3.43. The maximum atomic E-state index is 12.4. The molecule has 116 valence electrons. The van der Waals surface area contributed by atoms with Crippen molar-refractivity contribution in [3.63, 3.8) is 0 Å². The number of hydrogen-bond donors (Lipinski definition) is 1. The van der Waals surface area contributed by atoms with Crippen LogP contribution in [0.3, 0.4) is 0 Å². The van der Waals surface area contributed by atoms with E-state index in [1.807, 2.05) is 28.7 Å². The van der Waals surface area contributed by atoms with Crippen LogP contribution in [0.25, 0.3) is 6.08 Å². The fourth-order valence-electron chi connectivity index (χ4n) is 1.85. The highest BCUT2D eigenvalue weighted by atomic mass is 127. The Morgan fingerprint density at radius 2 is 2.00 bits per heavy atom. The molecule has 8 heteroatoms. The lowest BCUT2D eigenvalue weighted by molar-refractivity contribution is -0.123. The Hall–Kier alpha value is -1.65. The van der Waals surface area contributed by atoms with E-state index in [4.69, 9.17) is 16.6 Å². The normalized spacial score (nSPS) is 16.2. The second-order valence-corrected chi connectivity index (χ2v) is 7.20. The zero-order chi connectivity index (χ0) is 16.4. The minimum atomic E-state index is -0.393. The minimum Gasteiger partial charge on any atom is -0.451 e. The first-order chi connectivity index (χ1) is 11.0. The lowest BCUT2D eigenvalue weighted by atomic mass is 10.2. The summed E-state index contributed by atoms with van der Waals surface area (Å²) in [6, 6.07) is 12.2. The molecule has 0 bridgehead atoms. The van der Waals surface area contributed by atoms with Crippen LogP contribution in [-0.2, 0) is 4.79 Å². The van der Waals surface area contributed by atoms with Crippen LogP contribution in [0, 0.1) is 3.77 Å². The number of nitrogens with one attached hydrogen (secondary N) is 1. The quantitative estimate of drug-likeness (QED) is 0.436. The number of benzene rings is 1. The predicted molar refractivity (Wildman–Crippen MR) is 100 cm³/mol. The highest BCUT2D eigenvalue weighted by molar-refractivity contribution is 14.1. The summed E-state index contributed by atoms with van der Waals surface area (Å²) < 4.78 is 6.40. The van der Waals surface area contributed by atoms with Crippen LogP contribution in [0.4, 0.5) is 0 Å². The topological polar surface area (TPSA) is 62.6 Å². The molecule has 0 saturated carbocycles. The van der Waals surface area contributed by atoms with Gasteiger partial charge in [0.15, 0.2) is 8.09 Å². The van der Waals surface area contributed by atoms with Gasteiger partial charge in [-0.1, -0.05) is 30.0 Å². The summed E-state index contributed by atoms with van der Waals surface area (Å²) in [6.07, 6.45) is 1.61.